The van der Waals surface area contributed by atoms with Gasteiger partial charge in [0.25, 0.3) is 0 Å². The van der Waals surface area contributed by atoms with E-state index in [0.29, 0.717) is 27.7 Å². The standard InChI is InChI=1S/C13H15Cl2N5O2/c1-21-12-9(14)6-16-13(19-12)18-10-7-17-20(11(10)15)8-2-4-22-5-3-8/h6-8H,2-5H2,1H3,(H,16,18,19). The Hall–Kier alpha value is -1.57. The van der Waals surface area contributed by atoms with E-state index in [2.05, 4.69) is 20.4 Å². The fraction of sp³-hybridized carbons (Fsp3) is 0.462. The first-order chi connectivity index (χ1) is 10.7. The molecule has 1 fully saturated rings. The first kappa shape index (κ1) is 15.3. The van der Waals surface area contributed by atoms with Crippen molar-refractivity contribution in [2.75, 3.05) is 25.6 Å². The minimum atomic E-state index is 0.248. The maximum atomic E-state index is 6.40. The molecular formula is C13H15Cl2N5O2. The lowest BCUT2D eigenvalue weighted by atomic mass is 10.1. The first-order valence-electron chi connectivity index (χ1n) is 6.83. The van der Waals surface area contributed by atoms with Crippen LogP contribution in [0.3, 0.4) is 0 Å². The van der Waals surface area contributed by atoms with Crippen LogP contribution in [-0.2, 0) is 4.74 Å². The number of aromatic nitrogens is 4. The maximum absolute atomic E-state index is 6.40. The number of rotatable bonds is 4. The van der Waals surface area contributed by atoms with Gasteiger partial charge in [-0.3, -0.25) is 0 Å². The molecule has 0 aliphatic carbocycles. The summed E-state index contributed by atoms with van der Waals surface area (Å²) in [7, 11) is 1.49. The van der Waals surface area contributed by atoms with Gasteiger partial charge in [-0.2, -0.15) is 10.1 Å². The molecule has 9 heteroatoms. The van der Waals surface area contributed by atoms with Crippen LogP contribution < -0.4 is 10.1 Å². The molecule has 2 aromatic heterocycles. The molecule has 0 atom stereocenters. The monoisotopic (exact) mass is 343 g/mol. The SMILES string of the molecule is COc1nc(Nc2cnn(C3CCOCC3)c2Cl)ncc1Cl. The lowest BCUT2D eigenvalue weighted by Gasteiger charge is -2.23. The minimum absolute atomic E-state index is 0.248. The van der Waals surface area contributed by atoms with Gasteiger partial charge in [-0.05, 0) is 12.8 Å². The van der Waals surface area contributed by atoms with Crippen molar-refractivity contribution in [2.45, 2.75) is 18.9 Å². The third-order valence-corrected chi connectivity index (χ3v) is 4.06. The fourth-order valence-electron chi connectivity index (χ4n) is 2.29. The van der Waals surface area contributed by atoms with Gasteiger partial charge in [0.2, 0.25) is 11.8 Å². The number of methoxy groups -OCH3 is 1. The van der Waals surface area contributed by atoms with Gasteiger partial charge in [0.1, 0.15) is 5.02 Å². The third kappa shape index (κ3) is 3.11. The molecule has 118 valence electrons. The molecule has 0 unspecified atom stereocenters. The second-order valence-electron chi connectivity index (χ2n) is 4.81. The number of hydrogen-bond acceptors (Lipinski definition) is 6. The Balaban J connectivity index is 1.79. The van der Waals surface area contributed by atoms with Crippen LogP contribution >= 0.6 is 23.2 Å². The zero-order chi connectivity index (χ0) is 15.5. The van der Waals surface area contributed by atoms with E-state index >= 15 is 0 Å². The summed E-state index contributed by atoms with van der Waals surface area (Å²) in [6.07, 6.45) is 4.91. The molecule has 0 radical (unpaired) electrons. The van der Waals surface area contributed by atoms with Gasteiger partial charge >= 0.3 is 0 Å². The molecule has 7 nitrogen and oxygen atoms in total. The Kier molecular flexibility index (Phi) is 4.66. The van der Waals surface area contributed by atoms with Crippen LogP contribution in [0.1, 0.15) is 18.9 Å². The predicted molar refractivity (Wildman–Crippen MR) is 83.2 cm³/mol. The third-order valence-electron chi connectivity index (χ3n) is 3.42. The highest BCUT2D eigenvalue weighted by molar-refractivity contribution is 6.32. The van der Waals surface area contributed by atoms with Crippen molar-refractivity contribution in [1.29, 1.82) is 0 Å². The second-order valence-corrected chi connectivity index (χ2v) is 5.58. The molecule has 1 aliphatic heterocycles. The van der Waals surface area contributed by atoms with Crippen molar-refractivity contribution in [3.05, 3.63) is 22.6 Å². The summed E-state index contributed by atoms with van der Waals surface area (Å²) >= 11 is 12.3. The van der Waals surface area contributed by atoms with Crippen molar-refractivity contribution in [2.24, 2.45) is 0 Å². The summed E-state index contributed by atoms with van der Waals surface area (Å²) in [6, 6.07) is 0.248. The molecule has 1 aliphatic rings. The second kappa shape index (κ2) is 6.68. The Bertz CT molecular complexity index is 658. The summed E-state index contributed by atoms with van der Waals surface area (Å²) in [5.74, 6) is 0.641. The average molecular weight is 344 g/mol. The lowest BCUT2D eigenvalue weighted by Crippen LogP contribution is -2.20. The molecule has 2 aromatic rings. The van der Waals surface area contributed by atoms with Crippen LogP contribution in [0.25, 0.3) is 0 Å². The number of hydrogen-bond donors (Lipinski definition) is 1. The molecule has 0 spiro atoms. The number of ether oxygens (including phenoxy) is 2. The van der Waals surface area contributed by atoms with E-state index in [-0.39, 0.29) is 6.04 Å². The Labute approximate surface area is 137 Å². The Morgan fingerprint density at radius 3 is 2.82 bits per heavy atom. The predicted octanol–water partition coefficient (Wildman–Crippen LogP) is 3.08. The van der Waals surface area contributed by atoms with E-state index in [1.54, 1.807) is 10.9 Å². The molecule has 0 saturated carbocycles. The zero-order valence-electron chi connectivity index (χ0n) is 11.9. The van der Waals surface area contributed by atoms with Gasteiger partial charge in [0, 0.05) is 13.2 Å². The molecule has 22 heavy (non-hydrogen) atoms. The smallest absolute Gasteiger partial charge is 0.237 e. The van der Waals surface area contributed by atoms with Crippen LogP contribution in [0.15, 0.2) is 12.4 Å². The van der Waals surface area contributed by atoms with Crippen LogP contribution in [0.4, 0.5) is 11.6 Å². The molecular weight excluding hydrogens is 329 g/mol. The Morgan fingerprint density at radius 2 is 2.09 bits per heavy atom. The van der Waals surface area contributed by atoms with Crippen molar-refractivity contribution >= 4 is 34.8 Å². The van der Waals surface area contributed by atoms with Crippen LogP contribution in [0, 0.1) is 0 Å². The van der Waals surface area contributed by atoms with Crippen molar-refractivity contribution in [3.63, 3.8) is 0 Å². The van der Waals surface area contributed by atoms with E-state index in [0.717, 1.165) is 26.1 Å². The van der Waals surface area contributed by atoms with Crippen molar-refractivity contribution in [1.82, 2.24) is 19.7 Å². The van der Waals surface area contributed by atoms with Gasteiger partial charge in [-0.1, -0.05) is 23.2 Å². The summed E-state index contributed by atoms with van der Waals surface area (Å²) in [6.45, 7) is 1.45. The average Bonchev–Trinajstić information content (AvgIpc) is 2.91. The van der Waals surface area contributed by atoms with Gasteiger partial charge in [-0.15, -0.1) is 0 Å². The Morgan fingerprint density at radius 1 is 1.32 bits per heavy atom. The van der Waals surface area contributed by atoms with Gasteiger partial charge in [-0.25, -0.2) is 9.67 Å². The lowest BCUT2D eigenvalue weighted by molar-refractivity contribution is 0.0663. The fourth-order valence-corrected chi connectivity index (χ4v) is 2.74. The van der Waals surface area contributed by atoms with Crippen LogP contribution in [0.2, 0.25) is 10.2 Å². The quantitative estimate of drug-likeness (QED) is 0.919. The highest BCUT2D eigenvalue weighted by Crippen LogP contribution is 2.31. The molecule has 0 amide bonds. The highest BCUT2D eigenvalue weighted by Gasteiger charge is 2.21. The summed E-state index contributed by atoms with van der Waals surface area (Å²) < 4.78 is 12.2. The summed E-state index contributed by atoms with van der Waals surface area (Å²) in [4.78, 5) is 8.25. The van der Waals surface area contributed by atoms with E-state index in [4.69, 9.17) is 32.7 Å². The van der Waals surface area contributed by atoms with Crippen molar-refractivity contribution < 1.29 is 9.47 Å². The number of anilines is 2. The number of halogens is 2. The van der Waals surface area contributed by atoms with Crippen LogP contribution in [0.5, 0.6) is 5.88 Å². The van der Waals surface area contributed by atoms with E-state index in [9.17, 15) is 0 Å². The van der Waals surface area contributed by atoms with Crippen molar-refractivity contribution in [3.8, 4) is 5.88 Å². The molecule has 0 bridgehead atoms. The topological polar surface area (TPSA) is 74.1 Å². The zero-order valence-corrected chi connectivity index (χ0v) is 13.4. The highest BCUT2D eigenvalue weighted by atomic mass is 35.5. The molecule has 3 rings (SSSR count). The van der Waals surface area contributed by atoms with Crippen LogP contribution in [-0.4, -0.2) is 40.1 Å². The number of nitrogens with zero attached hydrogens (tertiary/aromatic N) is 4. The first-order valence-corrected chi connectivity index (χ1v) is 7.59. The van der Waals surface area contributed by atoms with E-state index < -0.39 is 0 Å². The summed E-state index contributed by atoms with van der Waals surface area (Å²) in [5.41, 5.74) is 0.637. The molecule has 3 heterocycles. The minimum Gasteiger partial charge on any atom is -0.480 e. The number of nitrogens with one attached hydrogen (secondary N) is 1. The van der Waals surface area contributed by atoms with Gasteiger partial charge in [0.15, 0.2) is 5.15 Å². The summed E-state index contributed by atoms with van der Waals surface area (Å²) in [5, 5.41) is 8.24. The molecule has 1 saturated heterocycles. The largest absolute Gasteiger partial charge is 0.480 e. The van der Waals surface area contributed by atoms with E-state index in [1.807, 2.05) is 0 Å². The van der Waals surface area contributed by atoms with Gasteiger partial charge < -0.3 is 14.8 Å². The normalized spacial score (nSPS) is 15.8. The van der Waals surface area contributed by atoms with Gasteiger partial charge in [0.05, 0.1) is 31.2 Å². The molecule has 0 aromatic carbocycles. The molecule has 1 N–H and O–H groups in total. The van der Waals surface area contributed by atoms with E-state index in [1.165, 1.54) is 13.3 Å². The maximum Gasteiger partial charge on any atom is 0.237 e.